The smallest absolute Gasteiger partial charge is 0.330 e. The van der Waals surface area contributed by atoms with E-state index >= 15 is 0 Å². The van der Waals surface area contributed by atoms with Crippen LogP contribution in [0.5, 0.6) is 0 Å². The first-order chi connectivity index (χ1) is 8.51. The molecule has 0 aliphatic rings. The lowest BCUT2D eigenvalue weighted by Crippen LogP contribution is -2.34. The van der Waals surface area contributed by atoms with Crippen LogP contribution in [0.4, 0.5) is 5.69 Å². The maximum absolute atomic E-state index is 10.2. The summed E-state index contributed by atoms with van der Waals surface area (Å²) < 4.78 is 0. The Labute approximate surface area is 102 Å². The Morgan fingerprint density at radius 2 is 1.22 bits per heavy atom. The van der Waals surface area contributed by atoms with Gasteiger partial charge in [-0.05, 0) is 19.1 Å². The Bertz CT molecular complexity index is 573. The summed E-state index contributed by atoms with van der Waals surface area (Å²) in [5.41, 5.74) is 0.0610. The van der Waals surface area contributed by atoms with Crippen molar-refractivity contribution in [2.75, 3.05) is 12.4 Å². The number of H-pyrrole nitrogens is 3. The van der Waals surface area contributed by atoms with Crippen molar-refractivity contribution < 1.29 is 0 Å². The third-order valence-electron chi connectivity index (χ3n) is 2.02. The SMILES string of the molecule is CNc1ccc(C)cc1.O=c1[nH]c(=O)[nH]c(=O)[nH]1. The lowest BCUT2D eigenvalue weighted by Gasteiger charge is -1.97. The zero-order chi connectivity index (χ0) is 13.5. The van der Waals surface area contributed by atoms with Crippen LogP contribution in [-0.4, -0.2) is 22.0 Å². The summed E-state index contributed by atoms with van der Waals surface area (Å²) in [5, 5.41) is 3.05. The maximum Gasteiger partial charge on any atom is 0.330 e. The predicted octanol–water partition coefficient (Wildman–Crippen LogP) is -0.212. The minimum Gasteiger partial charge on any atom is -0.388 e. The third kappa shape index (κ3) is 4.52. The van der Waals surface area contributed by atoms with Crippen LogP contribution in [0.2, 0.25) is 0 Å². The third-order valence-corrected chi connectivity index (χ3v) is 2.02. The van der Waals surface area contributed by atoms with Crippen molar-refractivity contribution in [2.24, 2.45) is 0 Å². The Morgan fingerprint density at radius 1 is 0.833 bits per heavy atom. The highest BCUT2D eigenvalue weighted by molar-refractivity contribution is 5.43. The first-order valence-corrected chi connectivity index (χ1v) is 5.18. The van der Waals surface area contributed by atoms with Gasteiger partial charge in [-0.3, -0.25) is 15.0 Å². The second kappa shape index (κ2) is 6.24. The zero-order valence-electron chi connectivity index (χ0n) is 10.0. The molecule has 0 aliphatic carbocycles. The quantitative estimate of drug-likeness (QED) is 0.561. The summed E-state index contributed by atoms with van der Waals surface area (Å²) in [6.45, 7) is 2.08. The number of rotatable bonds is 1. The molecule has 1 aromatic carbocycles. The summed E-state index contributed by atoms with van der Waals surface area (Å²) in [7, 11) is 1.92. The number of hydrogen-bond donors (Lipinski definition) is 4. The molecule has 1 aromatic heterocycles. The van der Waals surface area contributed by atoms with Gasteiger partial charge in [0, 0.05) is 12.7 Å². The molecule has 2 aromatic rings. The molecule has 18 heavy (non-hydrogen) atoms. The monoisotopic (exact) mass is 250 g/mol. The van der Waals surface area contributed by atoms with Gasteiger partial charge < -0.3 is 5.32 Å². The van der Waals surface area contributed by atoms with Crippen LogP contribution >= 0.6 is 0 Å². The average Bonchev–Trinajstić information content (AvgIpc) is 2.29. The van der Waals surface area contributed by atoms with Crippen molar-refractivity contribution in [1.82, 2.24) is 15.0 Å². The molecule has 0 atom stereocenters. The van der Waals surface area contributed by atoms with Crippen LogP contribution in [-0.2, 0) is 0 Å². The van der Waals surface area contributed by atoms with Gasteiger partial charge in [-0.25, -0.2) is 14.4 Å². The number of aromatic nitrogens is 3. The molecule has 0 spiro atoms. The molecule has 0 saturated heterocycles. The maximum atomic E-state index is 10.2. The number of benzene rings is 1. The van der Waals surface area contributed by atoms with E-state index in [1.807, 2.05) is 7.05 Å². The molecule has 0 unspecified atom stereocenters. The highest BCUT2D eigenvalue weighted by Crippen LogP contribution is 2.06. The van der Waals surface area contributed by atoms with Gasteiger partial charge in [-0.2, -0.15) is 0 Å². The molecule has 0 bridgehead atoms. The van der Waals surface area contributed by atoms with E-state index < -0.39 is 17.1 Å². The topological polar surface area (TPSA) is 111 Å². The number of aryl methyl sites for hydroxylation is 1. The average molecular weight is 250 g/mol. The van der Waals surface area contributed by atoms with Crippen LogP contribution in [0.25, 0.3) is 0 Å². The van der Waals surface area contributed by atoms with Crippen LogP contribution < -0.4 is 22.4 Å². The normalized spacial score (nSPS) is 9.22. The molecule has 7 heteroatoms. The largest absolute Gasteiger partial charge is 0.388 e. The molecule has 2 rings (SSSR count). The van der Waals surface area contributed by atoms with Crippen LogP contribution in [0, 0.1) is 6.92 Å². The lowest BCUT2D eigenvalue weighted by atomic mass is 10.2. The van der Waals surface area contributed by atoms with Crippen molar-refractivity contribution in [3.05, 3.63) is 61.3 Å². The summed E-state index contributed by atoms with van der Waals surface area (Å²) in [6.07, 6.45) is 0. The number of hydrogen-bond acceptors (Lipinski definition) is 4. The van der Waals surface area contributed by atoms with E-state index in [2.05, 4.69) is 36.5 Å². The van der Waals surface area contributed by atoms with Gasteiger partial charge in [0.1, 0.15) is 0 Å². The fourth-order valence-corrected chi connectivity index (χ4v) is 1.12. The van der Waals surface area contributed by atoms with E-state index in [1.165, 1.54) is 11.3 Å². The number of nitrogens with one attached hydrogen (secondary N) is 4. The molecule has 0 saturated carbocycles. The lowest BCUT2D eigenvalue weighted by molar-refractivity contribution is 0.888. The highest BCUT2D eigenvalue weighted by atomic mass is 16.2. The summed E-state index contributed by atoms with van der Waals surface area (Å²) >= 11 is 0. The van der Waals surface area contributed by atoms with E-state index in [0.717, 1.165) is 0 Å². The molecular formula is C11H14N4O3. The molecule has 1 heterocycles. The predicted molar refractivity (Wildman–Crippen MR) is 69.0 cm³/mol. The molecule has 0 radical (unpaired) electrons. The molecule has 4 N–H and O–H groups in total. The van der Waals surface area contributed by atoms with E-state index in [0.29, 0.717) is 0 Å². The second-order valence-electron chi connectivity index (χ2n) is 3.48. The first kappa shape index (κ1) is 13.5. The van der Waals surface area contributed by atoms with Gasteiger partial charge in [0.05, 0.1) is 0 Å². The Hall–Kier alpha value is -2.57. The van der Waals surface area contributed by atoms with Crippen molar-refractivity contribution in [1.29, 1.82) is 0 Å². The van der Waals surface area contributed by atoms with E-state index in [4.69, 9.17) is 0 Å². The van der Waals surface area contributed by atoms with Gasteiger partial charge in [0.15, 0.2) is 0 Å². The second-order valence-corrected chi connectivity index (χ2v) is 3.48. The van der Waals surface area contributed by atoms with Crippen molar-refractivity contribution in [3.63, 3.8) is 0 Å². The van der Waals surface area contributed by atoms with E-state index in [9.17, 15) is 14.4 Å². The standard InChI is InChI=1S/C8H11N.C3H3N3O3/c1-7-3-5-8(9-2)6-4-7;7-1-4-2(8)6-3(9)5-1/h3-6,9H,1-2H3;(H3,4,5,6,7,8,9). The van der Waals surface area contributed by atoms with Crippen LogP contribution in [0.1, 0.15) is 5.56 Å². The van der Waals surface area contributed by atoms with Gasteiger partial charge in [-0.1, -0.05) is 17.7 Å². The van der Waals surface area contributed by atoms with E-state index in [-0.39, 0.29) is 0 Å². The molecule has 96 valence electrons. The van der Waals surface area contributed by atoms with Crippen molar-refractivity contribution in [2.45, 2.75) is 6.92 Å². The Morgan fingerprint density at radius 3 is 1.56 bits per heavy atom. The van der Waals surface area contributed by atoms with Gasteiger partial charge in [0.25, 0.3) is 0 Å². The van der Waals surface area contributed by atoms with Gasteiger partial charge in [-0.15, -0.1) is 0 Å². The summed E-state index contributed by atoms with van der Waals surface area (Å²) in [5.74, 6) is 0. The zero-order valence-corrected chi connectivity index (χ0v) is 10.0. The van der Waals surface area contributed by atoms with Gasteiger partial charge >= 0.3 is 17.1 Å². The van der Waals surface area contributed by atoms with Gasteiger partial charge in [0.2, 0.25) is 0 Å². The molecule has 0 amide bonds. The molecule has 0 aliphatic heterocycles. The molecule has 0 fully saturated rings. The van der Waals surface area contributed by atoms with Crippen LogP contribution in [0.15, 0.2) is 38.6 Å². The highest BCUT2D eigenvalue weighted by Gasteiger charge is 1.85. The number of anilines is 1. The Balaban J connectivity index is 0.000000180. The summed E-state index contributed by atoms with van der Waals surface area (Å²) in [4.78, 5) is 35.9. The van der Waals surface area contributed by atoms with Crippen molar-refractivity contribution >= 4 is 5.69 Å². The molecule has 7 nitrogen and oxygen atoms in total. The summed E-state index contributed by atoms with van der Waals surface area (Å²) in [6, 6.07) is 8.31. The minimum atomic E-state index is -0.802. The van der Waals surface area contributed by atoms with E-state index in [1.54, 1.807) is 15.0 Å². The molecular weight excluding hydrogens is 236 g/mol. The first-order valence-electron chi connectivity index (χ1n) is 5.18. The fourth-order valence-electron chi connectivity index (χ4n) is 1.12. The minimum absolute atomic E-state index is 0.802. The fraction of sp³-hybridized carbons (Fsp3) is 0.182. The van der Waals surface area contributed by atoms with Crippen LogP contribution in [0.3, 0.4) is 0 Å². The number of aromatic amines is 3. The van der Waals surface area contributed by atoms with Crippen molar-refractivity contribution in [3.8, 4) is 0 Å². The Kier molecular flexibility index (Phi) is 4.67.